The van der Waals surface area contributed by atoms with Gasteiger partial charge in [-0.2, -0.15) is 5.10 Å². The fourth-order valence-corrected chi connectivity index (χ4v) is 1.07. The topological polar surface area (TPSA) is 46.9 Å². The van der Waals surface area contributed by atoms with Gasteiger partial charge in [0.1, 0.15) is 5.88 Å². The Labute approximate surface area is 81.9 Å². The number of nitrogens with zero attached hydrogens (tertiary/aromatic N) is 2. The van der Waals surface area contributed by atoms with Crippen molar-refractivity contribution in [1.82, 2.24) is 15.1 Å². The number of carbonyl (C=O) groups is 1. The predicted molar refractivity (Wildman–Crippen MR) is 50.6 cm³/mol. The van der Waals surface area contributed by atoms with Gasteiger partial charge in [-0.15, -0.1) is 11.6 Å². The van der Waals surface area contributed by atoms with E-state index in [1.54, 1.807) is 4.68 Å². The van der Waals surface area contributed by atoms with Gasteiger partial charge in [-0.1, -0.05) is 0 Å². The van der Waals surface area contributed by atoms with Crippen LogP contribution in [0.15, 0.2) is 12.3 Å². The summed E-state index contributed by atoms with van der Waals surface area (Å²) in [6, 6.07) is 1.92. The van der Waals surface area contributed by atoms with E-state index in [1.165, 1.54) is 0 Å². The van der Waals surface area contributed by atoms with E-state index >= 15 is 0 Å². The molecule has 0 bridgehead atoms. The Hall–Kier alpha value is -1.03. The summed E-state index contributed by atoms with van der Waals surface area (Å²) in [6.07, 6.45) is 2.61. The quantitative estimate of drug-likeness (QED) is 0.714. The van der Waals surface area contributed by atoms with Gasteiger partial charge in [0.15, 0.2) is 0 Å². The van der Waals surface area contributed by atoms with Crippen LogP contribution in [0.5, 0.6) is 0 Å². The molecule has 72 valence electrons. The first-order valence-corrected chi connectivity index (χ1v) is 4.57. The van der Waals surface area contributed by atoms with E-state index < -0.39 is 0 Å². The van der Waals surface area contributed by atoms with Crippen molar-refractivity contribution in [1.29, 1.82) is 0 Å². The zero-order valence-electron chi connectivity index (χ0n) is 7.46. The Morgan fingerprint density at radius 3 is 3.08 bits per heavy atom. The molecule has 1 amide bonds. The molecule has 0 radical (unpaired) electrons. The normalized spacial score (nSPS) is 10.0. The van der Waals surface area contributed by atoms with Crippen molar-refractivity contribution in [2.45, 2.75) is 6.42 Å². The van der Waals surface area contributed by atoms with Crippen LogP contribution in [0.25, 0.3) is 0 Å². The van der Waals surface area contributed by atoms with Crippen LogP contribution in [0.3, 0.4) is 0 Å². The van der Waals surface area contributed by atoms with Crippen LogP contribution >= 0.6 is 11.6 Å². The number of carbonyl (C=O) groups excluding carboxylic acids is 1. The molecule has 0 aliphatic heterocycles. The van der Waals surface area contributed by atoms with Crippen LogP contribution in [0.2, 0.25) is 0 Å². The number of aromatic nitrogens is 2. The Kier molecular flexibility index (Phi) is 3.76. The molecule has 0 aliphatic rings. The zero-order valence-corrected chi connectivity index (χ0v) is 8.21. The molecule has 13 heavy (non-hydrogen) atoms. The third-order valence-electron chi connectivity index (χ3n) is 1.59. The molecule has 0 saturated heterocycles. The molecule has 0 spiro atoms. The Morgan fingerprint density at radius 1 is 1.77 bits per heavy atom. The van der Waals surface area contributed by atoms with Crippen molar-refractivity contribution in [3.63, 3.8) is 0 Å². The molecule has 0 unspecified atom stereocenters. The standard InChI is InChI=1S/C8H12ClN3O/c1-12-5-3-7(11-12)2-4-10-8(13)6-9/h3,5H,2,4,6H2,1H3,(H,10,13). The average molecular weight is 202 g/mol. The minimum absolute atomic E-state index is 0.0161. The molecule has 0 aromatic carbocycles. The highest BCUT2D eigenvalue weighted by Crippen LogP contribution is 1.93. The van der Waals surface area contributed by atoms with Gasteiger partial charge in [0.25, 0.3) is 0 Å². The largest absolute Gasteiger partial charge is 0.355 e. The lowest BCUT2D eigenvalue weighted by atomic mass is 10.3. The number of hydrogen-bond donors (Lipinski definition) is 1. The molecule has 1 aromatic rings. The fourth-order valence-electron chi connectivity index (χ4n) is 0.974. The van der Waals surface area contributed by atoms with Crippen molar-refractivity contribution in [3.8, 4) is 0 Å². The average Bonchev–Trinajstić information content (AvgIpc) is 2.51. The molecule has 0 saturated carbocycles. The van der Waals surface area contributed by atoms with Crippen LogP contribution in [-0.4, -0.2) is 28.1 Å². The molecule has 4 nitrogen and oxygen atoms in total. The first kappa shape index (κ1) is 10.1. The van der Waals surface area contributed by atoms with E-state index in [4.69, 9.17) is 11.6 Å². The summed E-state index contributed by atoms with van der Waals surface area (Å²) in [6.45, 7) is 0.586. The number of halogens is 1. The monoisotopic (exact) mass is 201 g/mol. The second-order valence-corrected chi connectivity index (χ2v) is 2.98. The van der Waals surface area contributed by atoms with Gasteiger partial charge in [-0.25, -0.2) is 0 Å². The maximum atomic E-state index is 10.7. The van der Waals surface area contributed by atoms with Gasteiger partial charge in [0.05, 0.1) is 5.69 Å². The number of rotatable bonds is 4. The lowest BCUT2D eigenvalue weighted by molar-refractivity contribution is -0.118. The second-order valence-electron chi connectivity index (χ2n) is 2.71. The maximum Gasteiger partial charge on any atom is 0.234 e. The number of amides is 1. The van der Waals surface area contributed by atoms with E-state index in [-0.39, 0.29) is 11.8 Å². The van der Waals surface area contributed by atoms with E-state index in [9.17, 15) is 4.79 Å². The van der Waals surface area contributed by atoms with Gasteiger partial charge in [-0.3, -0.25) is 9.48 Å². The molecule has 0 fully saturated rings. The molecule has 1 aromatic heterocycles. The predicted octanol–water partition coefficient (Wildman–Crippen LogP) is 0.318. The smallest absolute Gasteiger partial charge is 0.234 e. The van der Waals surface area contributed by atoms with Crippen molar-refractivity contribution < 1.29 is 4.79 Å². The molecular weight excluding hydrogens is 190 g/mol. The van der Waals surface area contributed by atoms with Crippen molar-refractivity contribution in [3.05, 3.63) is 18.0 Å². The summed E-state index contributed by atoms with van der Waals surface area (Å²) < 4.78 is 1.73. The molecule has 1 N–H and O–H groups in total. The summed E-state index contributed by atoms with van der Waals surface area (Å²) in [5, 5.41) is 6.84. The summed E-state index contributed by atoms with van der Waals surface area (Å²) in [7, 11) is 1.86. The fraction of sp³-hybridized carbons (Fsp3) is 0.500. The van der Waals surface area contributed by atoms with E-state index in [0.717, 1.165) is 12.1 Å². The van der Waals surface area contributed by atoms with Crippen LogP contribution in [0.1, 0.15) is 5.69 Å². The molecule has 1 rings (SSSR count). The van der Waals surface area contributed by atoms with Gasteiger partial charge in [0, 0.05) is 26.2 Å². The van der Waals surface area contributed by atoms with E-state index in [0.29, 0.717) is 6.54 Å². The van der Waals surface area contributed by atoms with Crippen LogP contribution in [0, 0.1) is 0 Å². The summed E-state index contributed by atoms with van der Waals surface area (Å²) in [5.41, 5.74) is 0.970. The first-order chi connectivity index (χ1) is 6.22. The van der Waals surface area contributed by atoms with Crippen molar-refractivity contribution in [2.24, 2.45) is 7.05 Å². The number of nitrogens with one attached hydrogen (secondary N) is 1. The van der Waals surface area contributed by atoms with E-state index in [2.05, 4.69) is 10.4 Å². The highest BCUT2D eigenvalue weighted by atomic mass is 35.5. The number of alkyl halides is 1. The Balaban J connectivity index is 2.24. The van der Waals surface area contributed by atoms with Gasteiger partial charge >= 0.3 is 0 Å². The minimum Gasteiger partial charge on any atom is -0.355 e. The summed E-state index contributed by atoms with van der Waals surface area (Å²) in [5.74, 6) is -0.125. The molecule has 0 atom stereocenters. The van der Waals surface area contributed by atoms with Gasteiger partial charge in [-0.05, 0) is 6.07 Å². The molecule has 0 aliphatic carbocycles. The SMILES string of the molecule is Cn1ccc(CCNC(=O)CCl)n1. The summed E-state index contributed by atoms with van der Waals surface area (Å²) in [4.78, 5) is 10.7. The van der Waals surface area contributed by atoms with Crippen LogP contribution in [0.4, 0.5) is 0 Å². The Bertz CT molecular complexity index is 285. The third kappa shape index (κ3) is 3.46. The molecule has 1 heterocycles. The Morgan fingerprint density at radius 2 is 2.54 bits per heavy atom. The number of hydrogen-bond acceptors (Lipinski definition) is 2. The number of aryl methyl sites for hydroxylation is 1. The third-order valence-corrected chi connectivity index (χ3v) is 1.84. The lowest BCUT2D eigenvalue weighted by Gasteiger charge is -1.99. The van der Waals surface area contributed by atoms with Crippen molar-refractivity contribution >= 4 is 17.5 Å². The van der Waals surface area contributed by atoms with Crippen LogP contribution < -0.4 is 5.32 Å². The zero-order chi connectivity index (χ0) is 9.68. The van der Waals surface area contributed by atoms with Crippen molar-refractivity contribution in [2.75, 3.05) is 12.4 Å². The minimum atomic E-state index is -0.141. The lowest BCUT2D eigenvalue weighted by Crippen LogP contribution is -2.26. The van der Waals surface area contributed by atoms with Gasteiger partial charge in [0.2, 0.25) is 5.91 Å². The molecule has 5 heteroatoms. The molecular formula is C8H12ClN3O. The van der Waals surface area contributed by atoms with Gasteiger partial charge < -0.3 is 5.32 Å². The second kappa shape index (κ2) is 4.87. The maximum absolute atomic E-state index is 10.7. The van der Waals surface area contributed by atoms with Crippen LogP contribution in [-0.2, 0) is 18.3 Å². The van der Waals surface area contributed by atoms with E-state index in [1.807, 2.05) is 19.3 Å². The first-order valence-electron chi connectivity index (χ1n) is 4.03. The highest BCUT2D eigenvalue weighted by Gasteiger charge is 1.99. The summed E-state index contributed by atoms with van der Waals surface area (Å²) >= 11 is 5.31. The highest BCUT2D eigenvalue weighted by molar-refractivity contribution is 6.27.